The Morgan fingerprint density at radius 2 is 0.923 bits per heavy atom. The molecule has 0 unspecified atom stereocenters. The fourth-order valence-electron chi connectivity index (χ4n) is 2.06. The zero-order valence-electron chi connectivity index (χ0n) is 13.8. The number of benzene rings is 3. The molecular formula is C18H20N3O4P. The molecule has 7 nitrogen and oxygen atoms in total. The molecule has 0 aromatic heterocycles. The predicted octanol–water partition coefficient (Wildman–Crippen LogP) is 3.83. The molecule has 0 radical (unpaired) electrons. The lowest BCUT2D eigenvalue weighted by Gasteiger charge is -2.09. The van der Waals surface area contributed by atoms with Crippen LogP contribution in [-0.4, -0.2) is 14.7 Å². The summed E-state index contributed by atoms with van der Waals surface area (Å²) in [5, 5.41) is 6.70. The number of nitrogen functional groups attached to an aromatic ring is 1. The summed E-state index contributed by atoms with van der Waals surface area (Å²) in [5.74, 6) is 0. The van der Waals surface area contributed by atoms with Crippen molar-refractivity contribution < 1.29 is 19.2 Å². The van der Waals surface area contributed by atoms with Crippen molar-refractivity contribution in [3.05, 3.63) is 78.9 Å². The largest absolute Gasteiger partial charge is 0.466 e. The van der Waals surface area contributed by atoms with Crippen LogP contribution in [0.1, 0.15) is 0 Å². The number of nitrogens with two attached hydrogens (primary N) is 1. The quantitative estimate of drug-likeness (QED) is 0.303. The summed E-state index contributed by atoms with van der Waals surface area (Å²) in [4.78, 5) is 21.6. The zero-order valence-corrected chi connectivity index (χ0v) is 14.7. The molecule has 0 heterocycles. The standard InChI is InChI=1S/C18H17N3.H3O4P/c19-14-6-8-16(9-7-14)21-18-12-10-17(11-13-18)20-15-4-2-1-3-5-15;1-5(2,3)4/h1-13,20-21H,19H2;(H3,1,2,3,4). The maximum absolute atomic E-state index is 8.88. The van der Waals surface area contributed by atoms with Crippen molar-refractivity contribution in [2.24, 2.45) is 0 Å². The Morgan fingerprint density at radius 1 is 0.615 bits per heavy atom. The Labute approximate surface area is 151 Å². The molecule has 0 aliphatic heterocycles. The van der Waals surface area contributed by atoms with Crippen LogP contribution in [0.15, 0.2) is 78.9 Å². The van der Waals surface area contributed by atoms with Crippen molar-refractivity contribution in [1.82, 2.24) is 0 Å². The van der Waals surface area contributed by atoms with Crippen molar-refractivity contribution in [3.8, 4) is 0 Å². The SMILES string of the molecule is Nc1ccc(Nc2ccc(Nc3ccccc3)cc2)cc1.O=P(O)(O)O. The van der Waals surface area contributed by atoms with Gasteiger partial charge in [-0.05, 0) is 60.7 Å². The maximum atomic E-state index is 8.88. The van der Waals surface area contributed by atoms with Gasteiger partial charge in [-0.3, -0.25) is 0 Å². The van der Waals surface area contributed by atoms with Crippen LogP contribution >= 0.6 is 7.82 Å². The van der Waals surface area contributed by atoms with Crippen molar-refractivity contribution in [2.45, 2.75) is 0 Å². The molecule has 3 aromatic rings. The van der Waals surface area contributed by atoms with Gasteiger partial charge in [-0.15, -0.1) is 0 Å². The summed E-state index contributed by atoms with van der Waals surface area (Å²) in [6.45, 7) is 0. The van der Waals surface area contributed by atoms with Crippen LogP contribution in [0.25, 0.3) is 0 Å². The number of hydrogen-bond acceptors (Lipinski definition) is 4. The number of hydrogen-bond donors (Lipinski definition) is 6. The van der Waals surface area contributed by atoms with E-state index in [0.29, 0.717) is 0 Å². The molecular weight excluding hydrogens is 353 g/mol. The van der Waals surface area contributed by atoms with E-state index >= 15 is 0 Å². The molecule has 0 aliphatic carbocycles. The Balaban J connectivity index is 0.000000431. The Hall–Kier alpha value is -2.83. The van der Waals surface area contributed by atoms with Gasteiger partial charge in [0, 0.05) is 28.4 Å². The molecule has 0 bridgehead atoms. The third kappa shape index (κ3) is 7.83. The summed E-state index contributed by atoms with van der Waals surface area (Å²) < 4.78 is 8.88. The van der Waals surface area contributed by atoms with E-state index in [4.69, 9.17) is 25.0 Å². The first-order chi connectivity index (χ1) is 12.3. The fraction of sp³-hybridized carbons (Fsp3) is 0. The van der Waals surface area contributed by atoms with Gasteiger partial charge in [-0.25, -0.2) is 4.57 Å². The van der Waals surface area contributed by atoms with Crippen LogP contribution in [0.3, 0.4) is 0 Å². The molecule has 7 N–H and O–H groups in total. The number of rotatable bonds is 4. The lowest BCUT2D eigenvalue weighted by Crippen LogP contribution is -1.93. The minimum absolute atomic E-state index is 0.767. The van der Waals surface area contributed by atoms with E-state index in [1.54, 1.807) is 0 Å². The zero-order chi connectivity index (χ0) is 19.0. The Bertz CT molecular complexity index is 842. The molecule has 136 valence electrons. The molecule has 26 heavy (non-hydrogen) atoms. The predicted molar refractivity (Wildman–Crippen MR) is 105 cm³/mol. The van der Waals surface area contributed by atoms with E-state index in [1.165, 1.54) is 0 Å². The third-order valence-corrected chi connectivity index (χ3v) is 3.15. The smallest absolute Gasteiger partial charge is 0.399 e. The van der Waals surface area contributed by atoms with Crippen LogP contribution in [0, 0.1) is 0 Å². The highest BCUT2D eigenvalue weighted by Crippen LogP contribution is 2.26. The number of para-hydroxylation sites is 1. The minimum atomic E-state index is -4.64. The van der Waals surface area contributed by atoms with Gasteiger partial charge in [0.05, 0.1) is 0 Å². The van der Waals surface area contributed by atoms with E-state index in [9.17, 15) is 0 Å². The first-order valence-electron chi connectivity index (χ1n) is 7.62. The Morgan fingerprint density at radius 3 is 1.31 bits per heavy atom. The highest BCUT2D eigenvalue weighted by Gasteiger charge is 2.00. The van der Waals surface area contributed by atoms with E-state index < -0.39 is 7.82 Å². The molecule has 0 saturated carbocycles. The Kier molecular flexibility index (Phi) is 6.77. The van der Waals surface area contributed by atoms with E-state index in [2.05, 4.69) is 10.6 Å². The first kappa shape index (κ1) is 19.5. The van der Waals surface area contributed by atoms with Crippen LogP contribution < -0.4 is 16.4 Å². The molecule has 8 heteroatoms. The number of anilines is 5. The van der Waals surface area contributed by atoms with Crippen molar-refractivity contribution in [3.63, 3.8) is 0 Å². The van der Waals surface area contributed by atoms with Crippen LogP contribution in [0.4, 0.5) is 28.4 Å². The second-order valence-electron chi connectivity index (χ2n) is 5.33. The number of nitrogens with one attached hydrogen (secondary N) is 2. The summed E-state index contributed by atoms with van der Waals surface area (Å²) in [5.41, 5.74) is 10.6. The van der Waals surface area contributed by atoms with Crippen molar-refractivity contribution in [2.75, 3.05) is 16.4 Å². The average Bonchev–Trinajstić information content (AvgIpc) is 2.58. The summed E-state index contributed by atoms with van der Waals surface area (Å²) in [6.07, 6.45) is 0. The average molecular weight is 373 g/mol. The maximum Gasteiger partial charge on any atom is 0.466 e. The molecule has 0 amide bonds. The molecule has 0 fully saturated rings. The second kappa shape index (κ2) is 9.03. The van der Waals surface area contributed by atoms with Crippen LogP contribution in [-0.2, 0) is 4.57 Å². The summed E-state index contributed by atoms with van der Waals surface area (Å²) in [7, 11) is -4.64. The fourth-order valence-corrected chi connectivity index (χ4v) is 2.06. The summed E-state index contributed by atoms with van der Waals surface area (Å²) >= 11 is 0. The molecule has 3 rings (SSSR count). The molecule has 0 aliphatic rings. The van der Waals surface area contributed by atoms with E-state index in [0.717, 1.165) is 28.4 Å². The van der Waals surface area contributed by atoms with Gasteiger partial charge < -0.3 is 31.0 Å². The number of phosphoric acid groups is 1. The highest BCUT2D eigenvalue weighted by molar-refractivity contribution is 7.45. The van der Waals surface area contributed by atoms with E-state index in [1.807, 2.05) is 78.9 Å². The van der Waals surface area contributed by atoms with Crippen molar-refractivity contribution in [1.29, 1.82) is 0 Å². The third-order valence-electron chi connectivity index (χ3n) is 3.15. The molecule has 0 atom stereocenters. The topological polar surface area (TPSA) is 128 Å². The van der Waals surface area contributed by atoms with Crippen LogP contribution in [0.2, 0.25) is 0 Å². The van der Waals surface area contributed by atoms with Gasteiger partial charge in [-0.1, -0.05) is 18.2 Å². The molecule has 3 aromatic carbocycles. The normalized spacial score (nSPS) is 10.4. The van der Waals surface area contributed by atoms with Gasteiger partial charge in [0.15, 0.2) is 0 Å². The van der Waals surface area contributed by atoms with Gasteiger partial charge in [0.2, 0.25) is 0 Å². The lowest BCUT2D eigenvalue weighted by atomic mass is 10.2. The van der Waals surface area contributed by atoms with Gasteiger partial charge in [0.1, 0.15) is 0 Å². The van der Waals surface area contributed by atoms with Crippen LogP contribution in [0.5, 0.6) is 0 Å². The highest BCUT2D eigenvalue weighted by atomic mass is 31.2. The monoisotopic (exact) mass is 373 g/mol. The minimum Gasteiger partial charge on any atom is -0.399 e. The van der Waals surface area contributed by atoms with E-state index in [-0.39, 0.29) is 0 Å². The van der Waals surface area contributed by atoms with Gasteiger partial charge >= 0.3 is 7.82 Å². The second-order valence-corrected chi connectivity index (χ2v) is 6.36. The lowest BCUT2D eigenvalue weighted by molar-refractivity contribution is 0.275. The summed E-state index contributed by atoms with van der Waals surface area (Å²) in [6, 6.07) is 26.0. The molecule has 0 spiro atoms. The van der Waals surface area contributed by atoms with Gasteiger partial charge in [-0.2, -0.15) is 0 Å². The van der Waals surface area contributed by atoms with Crippen molar-refractivity contribution >= 4 is 36.3 Å². The van der Waals surface area contributed by atoms with Gasteiger partial charge in [0.25, 0.3) is 0 Å². The first-order valence-corrected chi connectivity index (χ1v) is 9.19. The molecule has 0 saturated heterocycles.